The number of carboxylic acid groups (broad SMARTS) is 1. The van der Waals surface area contributed by atoms with Gasteiger partial charge in [0.25, 0.3) is 0 Å². The van der Waals surface area contributed by atoms with E-state index in [0.717, 1.165) is 62.7 Å². The van der Waals surface area contributed by atoms with Gasteiger partial charge in [0.05, 0.1) is 12.2 Å². The fourth-order valence-electron chi connectivity index (χ4n) is 5.67. The maximum Gasteiger partial charge on any atom is 0.325 e. The van der Waals surface area contributed by atoms with Crippen molar-refractivity contribution in [3.05, 3.63) is 59.0 Å². The van der Waals surface area contributed by atoms with Crippen molar-refractivity contribution >= 4 is 11.8 Å². The molecule has 2 aromatic rings. The minimum absolute atomic E-state index is 0.0224. The van der Waals surface area contributed by atoms with Crippen LogP contribution in [0.2, 0.25) is 0 Å². The summed E-state index contributed by atoms with van der Waals surface area (Å²) >= 11 is 0. The van der Waals surface area contributed by atoms with Gasteiger partial charge in [-0.05, 0) is 73.4 Å². The molecule has 3 aliphatic rings. The van der Waals surface area contributed by atoms with Gasteiger partial charge < -0.3 is 19.9 Å². The number of nitrogens with one attached hydrogen (secondary N) is 1. The smallest absolute Gasteiger partial charge is 0.325 e. The maximum absolute atomic E-state index is 14.1. The van der Waals surface area contributed by atoms with Gasteiger partial charge in [0.2, 0.25) is 0 Å². The molecule has 4 heterocycles. The summed E-state index contributed by atoms with van der Waals surface area (Å²) in [6.07, 6.45) is 10.1. The number of unbranched alkanes of at least 4 members (excludes halogenated alkanes) is 2. The Kier molecular flexibility index (Phi) is 8.14. The number of fused-ring (bicyclic) bond motifs is 1. The van der Waals surface area contributed by atoms with Crippen LogP contribution in [0.15, 0.2) is 36.5 Å². The van der Waals surface area contributed by atoms with Crippen LogP contribution in [0, 0.1) is 5.82 Å². The highest BCUT2D eigenvalue weighted by molar-refractivity contribution is 5.76. The van der Waals surface area contributed by atoms with E-state index in [-0.39, 0.29) is 12.2 Å². The lowest BCUT2D eigenvalue weighted by molar-refractivity contribution is -0.151. The zero-order valence-electron chi connectivity index (χ0n) is 20.7. The van der Waals surface area contributed by atoms with Crippen LogP contribution in [-0.4, -0.2) is 59.4 Å². The van der Waals surface area contributed by atoms with E-state index in [1.54, 1.807) is 6.07 Å². The van der Waals surface area contributed by atoms with Gasteiger partial charge in [-0.3, -0.25) is 9.69 Å². The zero-order valence-corrected chi connectivity index (χ0v) is 20.7. The number of aromatic nitrogens is 1. The second kappa shape index (κ2) is 11.7. The number of likely N-dealkylation sites (tertiary alicyclic amines) is 1. The molecule has 0 aliphatic carbocycles. The number of aliphatic carboxylic acids is 1. The monoisotopic (exact) mass is 497 g/mol. The number of anilines is 1. The van der Waals surface area contributed by atoms with Crippen molar-refractivity contribution < 1.29 is 23.8 Å². The summed E-state index contributed by atoms with van der Waals surface area (Å²) in [5.74, 6) is -0.352. The number of halogens is 1. The summed E-state index contributed by atoms with van der Waals surface area (Å²) in [5.41, 5.74) is 2.60. The second-order valence-corrected chi connectivity index (χ2v) is 10.2. The van der Waals surface area contributed by atoms with Crippen LogP contribution in [0.3, 0.4) is 0 Å². The van der Waals surface area contributed by atoms with Gasteiger partial charge in [0.1, 0.15) is 17.7 Å². The van der Waals surface area contributed by atoms with Crippen molar-refractivity contribution in [3.8, 4) is 0 Å². The fraction of sp³-hybridized carbons (Fsp3) is 0.571. The number of hydrogen-bond acceptors (Lipinski definition) is 6. The van der Waals surface area contributed by atoms with Crippen molar-refractivity contribution in [3.63, 3.8) is 0 Å². The molecule has 2 N–H and O–H groups in total. The highest BCUT2D eigenvalue weighted by Gasteiger charge is 2.39. The first-order valence-electron chi connectivity index (χ1n) is 13.3. The van der Waals surface area contributed by atoms with Gasteiger partial charge in [-0.2, -0.15) is 0 Å². The summed E-state index contributed by atoms with van der Waals surface area (Å²) < 4.78 is 25.9. The van der Waals surface area contributed by atoms with Gasteiger partial charge in [0.15, 0.2) is 0 Å². The number of pyridine rings is 1. The van der Waals surface area contributed by atoms with Crippen LogP contribution in [0.1, 0.15) is 73.8 Å². The van der Waals surface area contributed by atoms with Crippen molar-refractivity contribution in [2.45, 2.75) is 75.7 Å². The van der Waals surface area contributed by atoms with Gasteiger partial charge in [0, 0.05) is 38.5 Å². The van der Waals surface area contributed by atoms with Crippen LogP contribution in [0.25, 0.3) is 0 Å². The number of aryl methyl sites for hydroxylation is 1. The average molecular weight is 498 g/mol. The Bertz CT molecular complexity index is 1040. The fourth-order valence-corrected chi connectivity index (χ4v) is 5.67. The molecule has 5 rings (SSSR count). The summed E-state index contributed by atoms with van der Waals surface area (Å²) in [6, 6.07) is 8.17. The molecule has 3 atom stereocenters. The summed E-state index contributed by atoms with van der Waals surface area (Å²) in [7, 11) is 0. The Hall–Kier alpha value is -2.55. The quantitative estimate of drug-likeness (QED) is 0.428. The molecule has 0 spiro atoms. The molecule has 2 saturated heterocycles. The molecule has 0 saturated carbocycles. The molecule has 3 aliphatic heterocycles. The minimum Gasteiger partial charge on any atom is -0.480 e. The average Bonchev–Trinajstić information content (AvgIpc) is 3.38. The molecule has 0 amide bonds. The number of hydrogen-bond donors (Lipinski definition) is 2. The van der Waals surface area contributed by atoms with Crippen LogP contribution in [-0.2, 0) is 20.7 Å². The Labute approximate surface area is 212 Å². The predicted molar refractivity (Wildman–Crippen MR) is 134 cm³/mol. The molecule has 2 fully saturated rings. The second-order valence-electron chi connectivity index (χ2n) is 10.2. The van der Waals surface area contributed by atoms with Crippen molar-refractivity contribution in [1.29, 1.82) is 0 Å². The third kappa shape index (κ3) is 5.88. The zero-order chi connectivity index (χ0) is 24.9. The van der Waals surface area contributed by atoms with Gasteiger partial charge >= 0.3 is 5.97 Å². The minimum atomic E-state index is -0.965. The Morgan fingerprint density at radius 3 is 2.94 bits per heavy atom. The Morgan fingerprint density at radius 2 is 2.14 bits per heavy atom. The highest BCUT2D eigenvalue weighted by atomic mass is 19.1. The van der Waals surface area contributed by atoms with Gasteiger partial charge in [-0.15, -0.1) is 0 Å². The third-order valence-corrected chi connectivity index (χ3v) is 7.64. The summed E-state index contributed by atoms with van der Waals surface area (Å²) in [5, 5.41) is 13.5. The van der Waals surface area contributed by atoms with E-state index in [9.17, 15) is 14.3 Å². The van der Waals surface area contributed by atoms with Gasteiger partial charge in [-0.1, -0.05) is 25.0 Å². The lowest BCUT2D eigenvalue weighted by atomic mass is 9.92. The molecule has 36 heavy (non-hydrogen) atoms. The van der Waals surface area contributed by atoms with E-state index in [1.165, 1.54) is 17.7 Å². The first-order chi connectivity index (χ1) is 17.6. The van der Waals surface area contributed by atoms with Crippen molar-refractivity contribution in [2.24, 2.45) is 0 Å². The highest BCUT2D eigenvalue weighted by Crippen LogP contribution is 2.37. The van der Waals surface area contributed by atoms with Crippen molar-refractivity contribution in [1.82, 2.24) is 9.88 Å². The van der Waals surface area contributed by atoms with E-state index < -0.39 is 17.8 Å². The Balaban J connectivity index is 1.03. The van der Waals surface area contributed by atoms with Crippen LogP contribution in [0.5, 0.6) is 0 Å². The molecule has 3 unspecified atom stereocenters. The molecule has 1 aromatic carbocycles. The third-order valence-electron chi connectivity index (χ3n) is 7.64. The largest absolute Gasteiger partial charge is 0.480 e. The molecule has 194 valence electrons. The molecule has 0 radical (unpaired) electrons. The number of rotatable bonds is 11. The molecule has 1 aromatic heterocycles. The molecular weight excluding hydrogens is 461 g/mol. The van der Waals surface area contributed by atoms with Crippen LogP contribution >= 0.6 is 0 Å². The Morgan fingerprint density at radius 1 is 1.25 bits per heavy atom. The summed E-state index contributed by atoms with van der Waals surface area (Å²) in [6.45, 7) is 2.41. The lowest BCUT2D eigenvalue weighted by Gasteiger charge is -2.43. The number of ether oxygens (including phenoxy) is 2. The predicted octanol–water partition coefficient (Wildman–Crippen LogP) is 4.89. The van der Waals surface area contributed by atoms with Gasteiger partial charge in [-0.25, -0.2) is 9.37 Å². The number of nitrogens with zero attached hydrogens (tertiary/aromatic N) is 2. The first kappa shape index (κ1) is 25.1. The summed E-state index contributed by atoms with van der Waals surface area (Å²) in [4.78, 5) is 18.5. The lowest BCUT2D eigenvalue weighted by Crippen LogP contribution is -2.55. The van der Waals surface area contributed by atoms with E-state index in [1.807, 2.05) is 17.2 Å². The van der Waals surface area contributed by atoms with E-state index in [0.29, 0.717) is 37.9 Å². The molecule has 0 bridgehead atoms. The van der Waals surface area contributed by atoms with Crippen molar-refractivity contribution in [2.75, 3.05) is 31.6 Å². The first-order valence-corrected chi connectivity index (χ1v) is 13.3. The number of carbonyl (C=O) groups is 1. The normalized spacial score (nSPS) is 23.0. The van der Waals surface area contributed by atoms with Crippen LogP contribution in [0.4, 0.5) is 10.2 Å². The SMILES string of the molecule is O=C(O)C(c1cc(F)ccc1C1CCCO1)N1CC(OCCCCCC2CCc3cccnc3N2)C1. The number of carboxylic acids is 1. The maximum atomic E-state index is 14.1. The molecule has 8 heteroatoms. The standard InChI is InChI=1S/C28H36FN3O4/c29-20-10-12-23(25-8-5-15-36-25)24(16-20)26(28(33)34)32-17-22(18-32)35-14-3-1-2-7-21-11-9-19-6-4-13-30-27(19)31-21/h4,6,10,12-13,16,21-22,25-26H,1-3,5,7-9,11,14-15,17-18H2,(H,30,31)(H,33,34). The number of benzene rings is 1. The van der Waals surface area contributed by atoms with E-state index in [2.05, 4.69) is 16.4 Å². The molecule has 7 nitrogen and oxygen atoms in total. The topological polar surface area (TPSA) is 83.9 Å². The molecular formula is C28H36FN3O4. The van der Waals surface area contributed by atoms with E-state index >= 15 is 0 Å². The van der Waals surface area contributed by atoms with E-state index in [4.69, 9.17) is 9.47 Å². The van der Waals surface area contributed by atoms with Crippen LogP contribution < -0.4 is 5.32 Å².